The highest BCUT2D eigenvalue weighted by Crippen LogP contribution is 2.15. The smallest absolute Gasteiger partial charge is 0.263 e. The zero-order valence-corrected chi connectivity index (χ0v) is 18.1. The normalized spacial score (nSPS) is 12.6. The first-order valence-electron chi connectivity index (χ1n) is 10.7. The number of carbonyl (C=O) groups excluding carboxylic acids is 1. The summed E-state index contributed by atoms with van der Waals surface area (Å²) in [6.07, 6.45) is 3.53. The molecule has 0 aliphatic carbocycles. The standard InChI is InChI=1S/C22H38N2O4/c1-6-9-11-24-19(10-7-2)16(8-3)13-18(22(24)28)21(27)23-17(12-15(4)5)14-20(25)26/h13,15,17,20,25-26H,6-12,14H2,1-5H3,(H,23,27). The maximum Gasteiger partial charge on any atom is 0.263 e. The Labute approximate surface area is 169 Å². The molecule has 0 fully saturated rings. The van der Waals surface area contributed by atoms with E-state index in [1.807, 2.05) is 20.8 Å². The summed E-state index contributed by atoms with van der Waals surface area (Å²) in [5, 5.41) is 21.5. The van der Waals surface area contributed by atoms with Crippen molar-refractivity contribution in [3.63, 3.8) is 0 Å². The van der Waals surface area contributed by atoms with E-state index in [-0.39, 0.29) is 23.5 Å². The molecular formula is C22H38N2O4. The predicted octanol–water partition coefficient (Wildman–Crippen LogP) is 3.01. The van der Waals surface area contributed by atoms with Crippen molar-refractivity contribution in [2.45, 2.75) is 98.4 Å². The molecule has 0 aliphatic rings. The Morgan fingerprint density at radius 3 is 2.32 bits per heavy atom. The van der Waals surface area contributed by atoms with E-state index in [4.69, 9.17) is 0 Å². The molecule has 0 saturated heterocycles. The van der Waals surface area contributed by atoms with Crippen molar-refractivity contribution >= 4 is 5.91 Å². The number of aliphatic hydroxyl groups is 2. The first-order chi connectivity index (χ1) is 13.2. The molecule has 28 heavy (non-hydrogen) atoms. The van der Waals surface area contributed by atoms with Crippen LogP contribution >= 0.6 is 0 Å². The zero-order chi connectivity index (χ0) is 21.3. The Kier molecular flexibility index (Phi) is 10.5. The molecule has 3 N–H and O–H groups in total. The predicted molar refractivity (Wildman–Crippen MR) is 113 cm³/mol. The van der Waals surface area contributed by atoms with Gasteiger partial charge in [-0.2, -0.15) is 0 Å². The van der Waals surface area contributed by atoms with Crippen molar-refractivity contribution in [2.75, 3.05) is 0 Å². The van der Waals surface area contributed by atoms with Crippen molar-refractivity contribution in [1.29, 1.82) is 0 Å². The van der Waals surface area contributed by atoms with E-state index < -0.39 is 18.2 Å². The molecular weight excluding hydrogens is 356 g/mol. The van der Waals surface area contributed by atoms with Crippen LogP contribution in [0.2, 0.25) is 0 Å². The zero-order valence-electron chi connectivity index (χ0n) is 18.1. The van der Waals surface area contributed by atoms with E-state index in [0.717, 1.165) is 43.4 Å². The highest BCUT2D eigenvalue weighted by atomic mass is 16.5. The van der Waals surface area contributed by atoms with Crippen molar-refractivity contribution in [2.24, 2.45) is 5.92 Å². The fourth-order valence-corrected chi connectivity index (χ4v) is 3.62. The van der Waals surface area contributed by atoms with Crippen LogP contribution in [0, 0.1) is 5.92 Å². The Balaban J connectivity index is 3.29. The minimum Gasteiger partial charge on any atom is -0.368 e. The molecule has 1 unspecified atom stereocenters. The maximum absolute atomic E-state index is 13.1. The minimum atomic E-state index is -1.50. The fraction of sp³-hybridized carbons (Fsp3) is 0.727. The molecule has 1 aromatic rings. The lowest BCUT2D eigenvalue weighted by atomic mass is 9.99. The van der Waals surface area contributed by atoms with E-state index in [1.165, 1.54) is 0 Å². The molecule has 0 bridgehead atoms. The average molecular weight is 395 g/mol. The number of aliphatic hydroxyl groups excluding tert-OH is 1. The number of nitrogens with one attached hydrogen (secondary N) is 1. The van der Waals surface area contributed by atoms with E-state index in [9.17, 15) is 19.8 Å². The minimum absolute atomic E-state index is 0.0441. The number of aromatic nitrogens is 1. The van der Waals surface area contributed by atoms with Crippen LogP contribution in [0.4, 0.5) is 0 Å². The summed E-state index contributed by atoms with van der Waals surface area (Å²) in [5.74, 6) is -0.150. The topological polar surface area (TPSA) is 91.6 Å². The van der Waals surface area contributed by atoms with E-state index in [2.05, 4.69) is 19.2 Å². The van der Waals surface area contributed by atoms with Gasteiger partial charge in [-0.1, -0.05) is 47.5 Å². The number of hydrogen-bond donors (Lipinski definition) is 3. The molecule has 160 valence electrons. The third-order valence-electron chi connectivity index (χ3n) is 4.92. The van der Waals surface area contributed by atoms with Gasteiger partial charge >= 0.3 is 0 Å². The van der Waals surface area contributed by atoms with Crippen LogP contribution in [0.5, 0.6) is 0 Å². The lowest BCUT2D eigenvalue weighted by Gasteiger charge is -2.23. The first kappa shape index (κ1) is 24.4. The number of aryl methyl sites for hydroxylation is 1. The second-order valence-corrected chi connectivity index (χ2v) is 7.96. The maximum atomic E-state index is 13.1. The molecule has 0 aliphatic heterocycles. The van der Waals surface area contributed by atoms with Gasteiger partial charge in [-0.15, -0.1) is 0 Å². The fourth-order valence-electron chi connectivity index (χ4n) is 3.62. The summed E-state index contributed by atoms with van der Waals surface area (Å²) in [4.78, 5) is 26.0. The van der Waals surface area contributed by atoms with Crippen LogP contribution in [0.1, 0.15) is 88.3 Å². The summed E-state index contributed by atoms with van der Waals surface area (Å²) in [6, 6.07) is 1.34. The van der Waals surface area contributed by atoms with Crippen LogP contribution in [0.15, 0.2) is 10.9 Å². The molecule has 0 aromatic carbocycles. The molecule has 0 radical (unpaired) electrons. The van der Waals surface area contributed by atoms with Gasteiger partial charge in [0.2, 0.25) is 0 Å². The summed E-state index contributed by atoms with van der Waals surface area (Å²) >= 11 is 0. The second kappa shape index (κ2) is 12.0. The SMILES string of the molecule is CCCCn1c(CCC)c(CC)cc(C(=O)NC(CC(C)C)CC(O)O)c1=O. The van der Waals surface area contributed by atoms with E-state index >= 15 is 0 Å². The largest absolute Gasteiger partial charge is 0.368 e. The Morgan fingerprint density at radius 2 is 1.82 bits per heavy atom. The van der Waals surface area contributed by atoms with Crippen molar-refractivity contribution in [3.05, 3.63) is 33.2 Å². The van der Waals surface area contributed by atoms with Gasteiger partial charge in [0.25, 0.3) is 11.5 Å². The van der Waals surface area contributed by atoms with Crippen LogP contribution in [0.25, 0.3) is 0 Å². The van der Waals surface area contributed by atoms with Crippen LogP contribution in [-0.4, -0.2) is 33.0 Å². The monoisotopic (exact) mass is 394 g/mol. The average Bonchev–Trinajstić information content (AvgIpc) is 2.60. The molecule has 1 aromatic heterocycles. The molecule has 0 saturated carbocycles. The third kappa shape index (κ3) is 7.06. The number of rotatable bonds is 12. The van der Waals surface area contributed by atoms with Crippen molar-refractivity contribution in [3.8, 4) is 0 Å². The highest BCUT2D eigenvalue weighted by molar-refractivity contribution is 5.94. The summed E-state index contributed by atoms with van der Waals surface area (Å²) in [6.45, 7) is 10.8. The molecule has 6 heteroatoms. The van der Waals surface area contributed by atoms with Crippen molar-refractivity contribution < 1.29 is 15.0 Å². The number of unbranched alkanes of at least 4 members (excludes halogenated alkanes) is 1. The Hall–Kier alpha value is -1.66. The van der Waals surface area contributed by atoms with Gasteiger partial charge in [0.05, 0.1) is 0 Å². The molecule has 6 nitrogen and oxygen atoms in total. The van der Waals surface area contributed by atoms with Gasteiger partial charge < -0.3 is 20.1 Å². The van der Waals surface area contributed by atoms with Gasteiger partial charge in [0.15, 0.2) is 6.29 Å². The third-order valence-corrected chi connectivity index (χ3v) is 4.92. The van der Waals surface area contributed by atoms with Crippen LogP contribution in [0.3, 0.4) is 0 Å². The summed E-state index contributed by atoms with van der Waals surface area (Å²) < 4.78 is 1.78. The van der Waals surface area contributed by atoms with Gasteiger partial charge in [-0.05, 0) is 43.2 Å². The molecule has 1 atom stereocenters. The number of nitrogens with zero attached hydrogens (tertiary/aromatic N) is 1. The number of carbonyl (C=O) groups is 1. The number of hydrogen-bond acceptors (Lipinski definition) is 4. The number of amides is 1. The van der Waals surface area contributed by atoms with Gasteiger partial charge in [0, 0.05) is 24.7 Å². The van der Waals surface area contributed by atoms with Crippen LogP contribution < -0.4 is 10.9 Å². The van der Waals surface area contributed by atoms with Gasteiger partial charge in [-0.3, -0.25) is 9.59 Å². The summed E-state index contributed by atoms with van der Waals surface area (Å²) in [7, 11) is 0. The van der Waals surface area contributed by atoms with Crippen molar-refractivity contribution in [1.82, 2.24) is 9.88 Å². The van der Waals surface area contributed by atoms with Gasteiger partial charge in [-0.25, -0.2) is 0 Å². The highest BCUT2D eigenvalue weighted by Gasteiger charge is 2.22. The molecule has 1 amide bonds. The van der Waals surface area contributed by atoms with Crippen LogP contribution in [-0.2, 0) is 19.4 Å². The lowest BCUT2D eigenvalue weighted by Crippen LogP contribution is -2.42. The quantitative estimate of drug-likeness (QED) is 0.475. The Bertz CT molecular complexity index is 670. The van der Waals surface area contributed by atoms with E-state index in [1.54, 1.807) is 10.6 Å². The molecule has 1 rings (SSSR count). The molecule has 0 spiro atoms. The Morgan fingerprint density at radius 1 is 1.14 bits per heavy atom. The second-order valence-electron chi connectivity index (χ2n) is 7.96. The van der Waals surface area contributed by atoms with Gasteiger partial charge in [0.1, 0.15) is 5.56 Å². The van der Waals surface area contributed by atoms with E-state index in [0.29, 0.717) is 13.0 Å². The lowest BCUT2D eigenvalue weighted by molar-refractivity contribution is -0.0519. The molecule has 1 heterocycles. The summed E-state index contributed by atoms with van der Waals surface area (Å²) in [5.41, 5.74) is 1.96. The first-order valence-corrected chi connectivity index (χ1v) is 10.7. The number of pyridine rings is 1.